The average molecular weight is 454 g/mol. The molecule has 32 heavy (non-hydrogen) atoms. The van der Waals surface area contributed by atoms with Gasteiger partial charge in [-0.1, -0.05) is 12.1 Å². The Morgan fingerprint density at radius 3 is 2.47 bits per heavy atom. The van der Waals surface area contributed by atoms with E-state index in [0.29, 0.717) is 39.9 Å². The van der Waals surface area contributed by atoms with E-state index in [4.69, 9.17) is 21.1 Å². The van der Waals surface area contributed by atoms with E-state index in [2.05, 4.69) is 15.3 Å². The third kappa shape index (κ3) is 4.02. The Hall–Kier alpha value is -3.85. The summed E-state index contributed by atoms with van der Waals surface area (Å²) < 4.78 is 10.5. The summed E-state index contributed by atoms with van der Waals surface area (Å²) in [6, 6.07) is 12.1. The molecular weight excluding hydrogens is 434 g/mol. The van der Waals surface area contributed by atoms with E-state index in [1.165, 1.54) is 25.3 Å². The quantitative estimate of drug-likeness (QED) is 0.590. The summed E-state index contributed by atoms with van der Waals surface area (Å²) in [4.78, 5) is 37.8. The third-order valence-corrected chi connectivity index (χ3v) is 5.19. The SMILES string of the molecule is COc1cc(NC(=O)CN2C(=O)c3ccccc3N(C)c3nc(Cl)ncc32)cc(OC)c1. The molecule has 0 aliphatic carbocycles. The number of methoxy groups -OCH3 is 2. The molecule has 0 radical (unpaired) electrons. The summed E-state index contributed by atoms with van der Waals surface area (Å²) >= 11 is 6.02. The summed E-state index contributed by atoms with van der Waals surface area (Å²) in [6.45, 7) is -0.265. The van der Waals surface area contributed by atoms with Crippen molar-refractivity contribution in [3.63, 3.8) is 0 Å². The van der Waals surface area contributed by atoms with Crippen LogP contribution in [0.15, 0.2) is 48.7 Å². The second-order valence-corrected chi connectivity index (χ2v) is 7.30. The lowest BCUT2D eigenvalue weighted by Gasteiger charge is -2.23. The molecule has 3 aromatic rings. The standard InChI is InChI=1S/C22H20ClN5O4/c1-27-17-7-5-4-6-16(17)21(30)28(18-11-24-22(23)26-20(18)27)12-19(29)25-13-8-14(31-2)10-15(9-13)32-3/h4-11H,12H2,1-3H3,(H,25,29). The zero-order valence-corrected chi connectivity index (χ0v) is 18.4. The van der Waals surface area contributed by atoms with Crippen molar-refractivity contribution in [1.29, 1.82) is 0 Å². The second kappa shape index (κ2) is 8.72. The van der Waals surface area contributed by atoms with E-state index in [0.717, 1.165) is 0 Å². The van der Waals surface area contributed by atoms with Crippen LogP contribution in [0.4, 0.5) is 22.9 Å². The van der Waals surface area contributed by atoms with Crippen LogP contribution in [0.3, 0.4) is 0 Å². The summed E-state index contributed by atoms with van der Waals surface area (Å²) in [6.07, 6.45) is 1.44. The van der Waals surface area contributed by atoms with E-state index in [-0.39, 0.29) is 17.7 Å². The number of carbonyl (C=O) groups is 2. The van der Waals surface area contributed by atoms with Gasteiger partial charge in [-0.15, -0.1) is 0 Å². The Bertz CT molecular complexity index is 1180. The number of anilines is 4. The molecular formula is C22H20ClN5O4. The number of fused-ring (bicyclic) bond motifs is 2. The average Bonchev–Trinajstić information content (AvgIpc) is 2.88. The van der Waals surface area contributed by atoms with Gasteiger partial charge in [0, 0.05) is 30.9 Å². The Morgan fingerprint density at radius 1 is 1.09 bits per heavy atom. The molecule has 0 saturated heterocycles. The van der Waals surface area contributed by atoms with Crippen LogP contribution >= 0.6 is 11.6 Å². The van der Waals surface area contributed by atoms with Crippen molar-refractivity contribution in [2.75, 3.05) is 42.9 Å². The molecule has 0 saturated carbocycles. The Balaban J connectivity index is 1.69. The topological polar surface area (TPSA) is 96.9 Å². The molecule has 2 amide bonds. The van der Waals surface area contributed by atoms with Gasteiger partial charge in [0.15, 0.2) is 5.82 Å². The molecule has 9 nitrogen and oxygen atoms in total. The van der Waals surface area contributed by atoms with Gasteiger partial charge in [-0.3, -0.25) is 14.5 Å². The third-order valence-electron chi connectivity index (χ3n) is 5.01. The number of benzene rings is 2. The Morgan fingerprint density at radius 2 is 1.78 bits per heavy atom. The zero-order valence-electron chi connectivity index (χ0n) is 17.6. The smallest absolute Gasteiger partial charge is 0.261 e. The highest BCUT2D eigenvalue weighted by molar-refractivity contribution is 6.28. The van der Waals surface area contributed by atoms with Gasteiger partial charge in [0.1, 0.15) is 23.7 Å². The van der Waals surface area contributed by atoms with Crippen LogP contribution in [-0.4, -0.2) is 49.6 Å². The van der Waals surface area contributed by atoms with Crippen molar-refractivity contribution in [3.05, 3.63) is 59.5 Å². The first-order chi connectivity index (χ1) is 15.4. The number of nitrogens with zero attached hydrogens (tertiary/aromatic N) is 4. The fourth-order valence-corrected chi connectivity index (χ4v) is 3.61. The molecule has 0 atom stereocenters. The maximum absolute atomic E-state index is 13.4. The summed E-state index contributed by atoms with van der Waals surface area (Å²) in [7, 11) is 4.82. The minimum atomic E-state index is -0.420. The number of hydrogen-bond donors (Lipinski definition) is 1. The molecule has 4 rings (SSSR count). The summed E-state index contributed by atoms with van der Waals surface area (Å²) in [5, 5.41) is 2.82. The van der Waals surface area contributed by atoms with Crippen molar-refractivity contribution in [1.82, 2.24) is 9.97 Å². The van der Waals surface area contributed by atoms with Crippen LogP contribution in [0.5, 0.6) is 11.5 Å². The molecule has 1 aliphatic heterocycles. The second-order valence-electron chi connectivity index (χ2n) is 6.96. The van der Waals surface area contributed by atoms with Crippen LogP contribution in [0.25, 0.3) is 0 Å². The minimum Gasteiger partial charge on any atom is -0.497 e. The van der Waals surface area contributed by atoms with Crippen molar-refractivity contribution < 1.29 is 19.1 Å². The van der Waals surface area contributed by atoms with Crippen molar-refractivity contribution in [3.8, 4) is 11.5 Å². The largest absolute Gasteiger partial charge is 0.497 e. The lowest BCUT2D eigenvalue weighted by atomic mass is 10.1. The van der Waals surface area contributed by atoms with Crippen LogP contribution in [0, 0.1) is 0 Å². The predicted molar refractivity (Wildman–Crippen MR) is 121 cm³/mol. The molecule has 1 aliphatic rings. The maximum Gasteiger partial charge on any atom is 0.261 e. The zero-order chi connectivity index (χ0) is 22.8. The number of rotatable bonds is 5. The van der Waals surface area contributed by atoms with E-state index in [9.17, 15) is 9.59 Å². The van der Waals surface area contributed by atoms with Gasteiger partial charge < -0.3 is 19.7 Å². The normalized spacial score (nSPS) is 12.6. The molecule has 10 heteroatoms. The minimum absolute atomic E-state index is 0.0373. The van der Waals surface area contributed by atoms with E-state index in [1.54, 1.807) is 48.3 Å². The maximum atomic E-state index is 13.4. The number of amides is 2. The number of hydrogen-bond acceptors (Lipinski definition) is 7. The molecule has 0 fully saturated rings. The lowest BCUT2D eigenvalue weighted by Crippen LogP contribution is -2.38. The Labute approximate surface area is 189 Å². The molecule has 2 aromatic carbocycles. The van der Waals surface area contributed by atoms with Gasteiger partial charge in [-0.2, -0.15) is 4.98 Å². The van der Waals surface area contributed by atoms with Crippen molar-refractivity contribution >= 4 is 46.3 Å². The number of halogens is 1. The molecule has 0 bridgehead atoms. The highest BCUT2D eigenvalue weighted by atomic mass is 35.5. The number of para-hydroxylation sites is 1. The van der Waals surface area contributed by atoms with Crippen LogP contribution in [0.1, 0.15) is 10.4 Å². The summed E-state index contributed by atoms with van der Waals surface area (Å²) in [5.74, 6) is 0.690. The van der Waals surface area contributed by atoms with Crippen LogP contribution in [-0.2, 0) is 4.79 Å². The predicted octanol–water partition coefficient (Wildman–Crippen LogP) is 3.51. The van der Waals surface area contributed by atoms with Gasteiger partial charge in [0.05, 0.1) is 31.7 Å². The van der Waals surface area contributed by atoms with Crippen LogP contribution in [0.2, 0.25) is 5.28 Å². The van der Waals surface area contributed by atoms with Crippen molar-refractivity contribution in [2.24, 2.45) is 0 Å². The number of ether oxygens (including phenoxy) is 2. The fraction of sp³-hybridized carbons (Fsp3) is 0.182. The molecule has 2 heterocycles. The molecule has 1 N–H and O–H groups in total. The highest BCUT2D eigenvalue weighted by Crippen LogP contribution is 2.38. The molecule has 0 unspecified atom stereocenters. The molecule has 0 spiro atoms. The van der Waals surface area contributed by atoms with Crippen LogP contribution < -0.4 is 24.6 Å². The molecule has 1 aromatic heterocycles. The summed E-state index contributed by atoms with van der Waals surface area (Å²) in [5.41, 5.74) is 1.92. The van der Waals surface area contributed by atoms with Gasteiger partial charge >= 0.3 is 0 Å². The monoisotopic (exact) mass is 453 g/mol. The van der Waals surface area contributed by atoms with E-state index in [1.807, 2.05) is 6.07 Å². The number of aromatic nitrogens is 2. The number of carbonyl (C=O) groups excluding carboxylic acids is 2. The number of nitrogens with one attached hydrogen (secondary N) is 1. The van der Waals surface area contributed by atoms with Crippen molar-refractivity contribution in [2.45, 2.75) is 0 Å². The Kier molecular flexibility index (Phi) is 5.83. The molecule has 164 valence electrons. The van der Waals surface area contributed by atoms with Gasteiger partial charge in [-0.05, 0) is 23.7 Å². The first-order valence-electron chi connectivity index (χ1n) is 9.61. The van der Waals surface area contributed by atoms with Gasteiger partial charge in [-0.25, -0.2) is 4.98 Å². The van der Waals surface area contributed by atoms with E-state index < -0.39 is 5.91 Å². The highest BCUT2D eigenvalue weighted by Gasteiger charge is 2.32. The first kappa shape index (κ1) is 21.4. The fourth-order valence-electron chi connectivity index (χ4n) is 3.48. The van der Waals surface area contributed by atoms with Gasteiger partial charge in [0.25, 0.3) is 5.91 Å². The van der Waals surface area contributed by atoms with E-state index >= 15 is 0 Å². The van der Waals surface area contributed by atoms with Gasteiger partial charge in [0.2, 0.25) is 11.2 Å². The lowest BCUT2D eigenvalue weighted by molar-refractivity contribution is -0.114. The first-order valence-corrected chi connectivity index (χ1v) is 9.99.